The second-order valence-electron chi connectivity index (χ2n) is 7.56. The van der Waals surface area contributed by atoms with Gasteiger partial charge in [-0.3, -0.25) is 0 Å². The summed E-state index contributed by atoms with van der Waals surface area (Å²) < 4.78 is 4.17. The minimum atomic E-state index is 0.449. The number of nitrogens with one attached hydrogen (secondary N) is 1. The molecule has 1 atom stereocenters. The van der Waals surface area contributed by atoms with Crippen LogP contribution in [0.15, 0.2) is 39.1 Å². The third kappa shape index (κ3) is 3.24. The lowest BCUT2D eigenvalue weighted by atomic mass is 9.99. The van der Waals surface area contributed by atoms with Gasteiger partial charge in [-0.25, -0.2) is 0 Å². The lowest BCUT2D eigenvalue weighted by Crippen LogP contribution is -2.30. The molecule has 6 rings (SSSR count). The van der Waals surface area contributed by atoms with Crippen molar-refractivity contribution in [1.29, 1.82) is 0 Å². The number of fused-ring (bicyclic) bond motifs is 1. The van der Waals surface area contributed by atoms with Gasteiger partial charge in [0.25, 0.3) is 0 Å². The molecule has 2 aliphatic rings. The van der Waals surface area contributed by atoms with Crippen molar-refractivity contribution in [1.82, 2.24) is 39.9 Å². The zero-order valence-corrected chi connectivity index (χ0v) is 17.4. The first-order chi connectivity index (χ1) is 14.4. The molecule has 29 heavy (non-hydrogen) atoms. The molecule has 0 radical (unpaired) electrons. The topological polar surface area (TPSA) is 85.8 Å². The molecule has 0 amide bonds. The van der Waals surface area contributed by atoms with Gasteiger partial charge in [-0.2, -0.15) is 21.0 Å². The molecule has 5 heterocycles. The molecule has 1 unspecified atom stereocenters. The Kier molecular flexibility index (Phi) is 4.35. The summed E-state index contributed by atoms with van der Waals surface area (Å²) in [6, 6.07) is 6.52. The van der Waals surface area contributed by atoms with Crippen LogP contribution in [0.4, 0.5) is 0 Å². The van der Waals surface area contributed by atoms with Crippen molar-refractivity contribution >= 4 is 28.7 Å². The highest BCUT2D eigenvalue weighted by atomic mass is 32.2. The third-order valence-electron chi connectivity index (χ3n) is 5.48. The van der Waals surface area contributed by atoms with Gasteiger partial charge in [-0.1, -0.05) is 0 Å². The van der Waals surface area contributed by atoms with Crippen LogP contribution in [0.2, 0.25) is 0 Å². The Bertz CT molecular complexity index is 1140. The Morgan fingerprint density at radius 1 is 1.07 bits per heavy atom. The number of piperidine rings is 1. The van der Waals surface area contributed by atoms with E-state index < -0.39 is 0 Å². The Hall–Kier alpha value is -2.30. The molecular weight excluding hydrogens is 404 g/mol. The van der Waals surface area contributed by atoms with Crippen molar-refractivity contribution in [3.63, 3.8) is 0 Å². The lowest BCUT2D eigenvalue weighted by molar-refractivity contribution is 0.428. The molecule has 8 nitrogen and oxygen atoms in total. The van der Waals surface area contributed by atoms with E-state index in [0.717, 1.165) is 46.1 Å². The Balaban J connectivity index is 1.35. The van der Waals surface area contributed by atoms with E-state index in [1.165, 1.54) is 25.7 Å². The quantitative estimate of drug-likeness (QED) is 0.525. The first-order valence-corrected chi connectivity index (χ1v) is 11.7. The molecule has 4 aromatic heterocycles. The van der Waals surface area contributed by atoms with Gasteiger partial charge in [-0.15, -0.1) is 20.4 Å². The van der Waals surface area contributed by atoms with Crippen LogP contribution in [0.25, 0.3) is 17.0 Å². The van der Waals surface area contributed by atoms with Gasteiger partial charge in [0.1, 0.15) is 10.9 Å². The molecular formula is C19H20N8S2. The maximum Gasteiger partial charge on any atom is 0.197 e. The van der Waals surface area contributed by atoms with E-state index >= 15 is 0 Å². The van der Waals surface area contributed by atoms with Gasteiger partial charge >= 0.3 is 0 Å². The zero-order chi connectivity index (χ0) is 19.2. The van der Waals surface area contributed by atoms with E-state index in [2.05, 4.69) is 35.7 Å². The van der Waals surface area contributed by atoms with Crippen LogP contribution in [-0.4, -0.2) is 47.7 Å². The Labute approximate surface area is 175 Å². The van der Waals surface area contributed by atoms with Gasteiger partial charge in [0.2, 0.25) is 0 Å². The Morgan fingerprint density at radius 3 is 2.83 bits per heavy atom. The highest BCUT2D eigenvalue weighted by Crippen LogP contribution is 2.42. The van der Waals surface area contributed by atoms with Crippen LogP contribution < -0.4 is 5.32 Å². The second-order valence-corrected chi connectivity index (χ2v) is 9.33. The summed E-state index contributed by atoms with van der Waals surface area (Å²) in [6.07, 6.45) is 4.79. The van der Waals surface area contributed by atoms with Crippen molar-refractivity contribution in [2.24, 2.45) is 0 Å². The second kappa shape index (κ2) is 7.19. The predicted octanol–water partition coefficient (Wildman–Crippen LogP) is 3.40. The van der Waals surface area contributed by atoms with Crippen LogP contribution in [0.3, 0.4) is 0 Å². The first-order valence-electron chi connectivity index (χ1n) is 9.95. The summed E-state index contributed by atoms with van der Waals surface area (Å²) >= 11 is 3.22. The summed E-state index contributed by atoms with van der Waals surface area (Å²) in [7, 11) is 0. The minimum absolute atomic E-state index is 0.449. The summed E-state index contributed by atoms with van der Waals surface area (Å²) in [5.41, 5.74) is 1.78. The number of nitrogens with zero attached hydrogens (tertiary/aromatic N) is 7. The van der Waals surface area contributed by atoms with Crippen molar-refractivity contribution in [3.8, 4) is 11.4 Å². The van der Waals surface area contributed by atoms with Gasteiger partial charge in [0.15, 0.2) is 16.6 Å². The minimum Gasteiger partial charge on any atom is -0.316 e. The van der Waals surface area contributed by atoms with Crippen LogP contribution in [-0.2, 0) is 0 Å². The lowest BCUT2D eigenvalue weighted by Gasteiger charge is -2.22. The predicted molar refractivity (Wildman–Crippen MR) is 111 cm³/mol. The highest BCUT2D eigenvalue weighted by Gasteiger charge is 2.33. The van der Waals surface area contributed by atoms with Gasteiger partial charge in [0.05, 0.1) is 0 Å². The molecule has 2 fully saturated rings. The molecule has 4 aromatic rings. The average molecular weight is 425 g/mol. The first kappa shape index (κ1) is 17.5. The summed E-state index contributed by atoms with van der Waals surface area (Å²) in [6.45, 7) is 2.09. The molecule has 0 aromatic carbocycles. The SMILES string of the molecule is c1cc(-c2nnc3ccc(Sc4nnc(C5CCCNC5)n4C4CC4)nn23)cs1. The molecule has 0 bridgehead atoms. The van der Waals surface area contributed by atoms with Crippen LogP contribution >= 0.6 is 23.1 Å². The van der Waals surface area contributed by atoms with E-state index in [1.54, 1.807) is 23.1 Å². The van der Waals surface area contributed by atoms with E-state index in [-0.39, 0.29) is 0 Å². The fraction of sp³-hybridized carbons (Fsp3) is 0.421. The number of hydrogen-bond donors (Lipinski definition) is 1. The van der Waals surface area contributed by atoms with Gasteiger partial charge < -0.3 is 9.88 Å². The van der Waals surface area contributed by atoms with Crippen LogP contribution in [0, 0.1) is 0 Å². The molecule has 0 spiro atoms. The summed E-state index contributed by atoms with van der Waals surface area (Å²) in [5.74, 6) is 2.34. The highest BCUT2D eigenvalue weighted by molar-refractivity contribution is 7.99. The molecule has 1 saturated heterocycles. The Morgan fingerprint density at radius 2 is 2.03 bits per heavy atom. The van der Waals surface area contributed by atoms with Gasteiger partial charge in [0, 0.05) is 29.4 Å². The maximum absolute atomic E-state index is 4.79. The van der Waals surface area contributed by atoms with Crippen molar-refractivity contribution in [2.75, 3.05) is 13.1 Å². The fourth-order valence-electron chi connectivity index (χ4n) is 3.88. The van der Waals surface area contributed by atoms with E-state index in [1.807, 2.05) is 28.1 Å². The summed E-state index contributed by atoms with van der Waals surface area (Å²) in [4.78, 5) is 0. The van der Waals surface area contributed by atoms with E-state index in [4.69, 9.17) is 5.10 Å². The fourth-order valence-corrected chi connectivity index (χ4v) is 5.38. The number of hydrogen-bond acceptors (Lipinski definition) is 8. The zero-order valence-electron chi connectivity index (χ0n) is 15.7. The van der Waals surface area contributed by atoms with Crippen molar-refractivity contribution in [3.05, 3.63) is 34.8 Å². The van der Waals surface area contributed by atoms with Gasteiger partial charge in [-0.05, 0) is 67.6 Å². The molecule has 148 valence electrons. The van der Waals surface area contributed by atoms with Crippen LogP contribution in [0.5, 0.6) is 0 Å². The normalized spacial score (nSPS) is 19.8. The number of thiophene rings is 1. The van der Waals surface area contributed by atoms with Crippen LogP contribution in [0.1, 0.15) is 43.5 Å². The molecule has 1 saturated carbocycles. The number of rotatable bonds is 5. The molecule has 10 heteroatoms. The third-order valence-corrected chi connectivity index (χ3v) is 7.05. The smallest absolute Gasteiger partial charge is 0.197 e. The molecule has 1 aliphatic heterocycles. The monoisotopic (exact) mass is 424 g/mol. The maximum atomic E-state index is 4.79. The molecule has 1 N–H and O–H groups in total. The standard InChI is InChI=1S/C19H20N8S2/c1-2-12(10-20-8-1)17-22-24-19(26(17)14-3-4-14)29-16-6-5-15-21-23-18(27(15)25-16)13-7-9-28-11-13/h5-7,9,11-12,14,20H,1-4,8,10H2. The van der Waals surface area contributed by atoms with E-state index in [9.17, 15) is 0 Å². The number of aromatic nitrogens is 7. The van der Waals surface area contributed by atoms with Crippen molar-refractivity contribution < 1.29 is 0 Å². The van der Waals surface area contributed by atoms with E-state index in [0.29, 0.717) is 12.0 Å². The molecule has 1 aliphatic carbocycles. The average Bonchev–Trinajstić information content (AvgIpc) is 3.15. The summed E-state index contributed by atoms with van der Waals surface area (Å²) in [5, 5.41) is 31.9. The van der Waals surface area contributed by atoms with Crippen molar-refractivity contribution in [2.45, 2.75) is 47.8 Å². The largest absolute Gasteiger partial charge is 0.316 e.